The number of aliphatic carboxylic acids is 1. The molecule has 0 atom stereocenters. The number of hydrogen-bond acceptors (Lipinski definition) is 1. The first kappa shape index (κ1) is 19.9. The van der Waals surface area contributed by atoms with Crippen LogP contribution in [-0.2, 0) is 31.7 Å². The summed E-state index contributed by atoms with van der Waals surface area (Å²) in [6.07, 6.45) is 1.22. The van der Waals surface area contributed by atoms with Gasteiger partial charge in [-0.2, -0.15) is 0 Å². The van der Waals surface area contributed by atoms with Gasteiger partial charge < -0.3 is 14.2 Å². The van der Waals surface area contributed by atoms with Crippen LogP contribution < -0.4 is 0 Å². The van der Waals surface area contributed by atoms with Crippen LogP contribution in [0.25, 0.3) is 21.8 Å². The molecule has 2 aromatic carbocycles. The summed E-state index contributed by atoms with van der Waals surface area (Å²) in [6, 6.07) is 12.1. The van der Waals surface area contributed by atoms with Gasteiger partial charge >= 0.3 is 5.97 Å². The highest BCUT2D eigenvalue weighted by molar-refractivity contribution is 6.37. The number of halogens is 2. The molecule has 4 rings (SSSR count). The van der Waals surface area contributed by atoms with E-state index in [0.717, 1.165) is 49.3 Å². The Kier molecular flexibility index (Phi) is 5.09. The van der Waals surface area contributed by atoms with Gasteiger partial charge in [0, 0.05) is 65.2 Å². The van der Waals surface area contributed by atoms with Crippen LogP contribution in [0.1, 0.15) is 28.9 Å². The fourth-order valence-electron chi connectivity index (χ4n) is 4.16. The topological polar surface area (TPSA) is 47.2 Å². The van der Waals surface area contributed by atoms with E-state index in [0.29, 0.717) is 17.9 Å². The van der Waals surface area contributed by atoms with E-state index < -0.39 is 5.97 Å². The third-order valence-electron chi connectivity index (χ3n) is 5.90. The van der Waals surface area contributed by atoms with E-state index in [1.165, 1.54) is 0 Å². The molecular weight excluding hydrogens is 407 g/mol. The number of carbonyl (C=O) groups is 1. The third kappa shape index (κ3) is 3.30. The van der Waals surface area contributed by atoms with Crippen molar-refractivity contribution in [2.75, 3.05) is 0 Å². The first-order valence-corrected chi connectivity index (χ1v) is 10.2. The van der Waals surface area contributed by atoms with E-state index in [9.17, 15) is 4.79 Å². The maximum Gasteiger partial charge on any atom is 0.303 e. The van der Waals surface area contributed by atoms with Crippen LogP contribution in [-0.4, -0.2) is 20.2 Å². The molecule has 0 radical (unpaired) electrons. The number of carboxylic acids is 1. The highest BCUT2D eigenvalue weighted by atomic mass is 35.5. The Labute approximate surface area is 179 Å². The number of aryl methyl sites for hydroxylation is 3. The Balaban J connectivity index is 1.82. The largest absolute Gasteiger partial charge is 0.481 e. The van der Waals surface area contributed by atoms with Crippen LogP contribution in [0.4, 0.5) is 0 Å². The maximum absolute atomic E-state index is 11.1. The fraction of sp³-hybridized carbons (Fsp3) is 0.261. The predicted octanol–water partition coefficient (Wildman–Crippen LogP) is 5.89. The Hall–Kier alpha value is -2.43. The van der Waals surface area contributed by atoms with Crippen molar-refractivity contribution in [1.82, 2.24) is 9.13 Å². The molecule has 0 amide bonds. The van der Waals surface area contributed by atoms with E-state index >= 15 is 0 Å². The lowest BCUT2D eigenvalue weighted by atomic mass is 10.0. The second kappa shape index (κ2) is 7.43. The van der Waals surface area contributed by atoms with Crippen molar-refractivity contribution in [3.63, 3.8) is 0 Å². The van der Waals surface area contributed by atoms with Crippen molar-refractivity contribution in [3.05, 3.63) is 69.0 Å². The van der Waals surface area contributed by atoms with Crippen molar-refractivity contribution >= 4 is 51.0 Å². The summed E-state index contributed by atoms with van der Waals surface area (Å²) >= 11 is 13.2. The van der Waals surface area contributed by atoms with Gasteiger partial charge in [-0.3, -0.25) is 4.79 Å². The van der Waals surface area contributed by atoms with Crippen LogP contribution in [0.5, 0.6) is 0 Å². The number of carboxylic acid groups (broad SMARTS) is 1. The van der Waals surface area contributed by atoms with E-state index in [-0.39, 0.29) is 6.42 Å². The van der Waals surface area contributed by atoms with E-state index in [2.05, 4.69) is 33.4 Å². The van der Waals surface area contributed by atoms with Gasteiger partial charge in [-0.25, -0.2) is 0 Å². The van der Waals surface area contributed by atoms with Gasteiger partial charge in [-0.15, -0.1) is 0 Å². The van der Waals surface area contributed by atoms with E-state index in [1.807, 2.05) is 33.2 Å². The first-order valence-electron chi connectivity index (χ1n) is 9.49. The quantitative estimate of drug-likeness (QED) is 0.430. The Morgan fingerprint density at radius 3 is 2.52 bits per heavy atom. The van der Waals surface area contributed by atoms with Crippen LogP contribution in [0, 0.1) is 6.92 Å². The molecule has 0 saturated heterocycles. The Bertz CT molecular complexity index is 1270. The van der Waals surface area contributed by atoms with Crippen molar-refractivity contribution in [2.24, 2.45) is 14.1 Å². The van der Waals surface area contributed by atoms with E-state index in [4.69, 9.17) is 28.3 Å². The molecule has 0 aliphatic carbocycles. The van der Waals surface area contributed by atoms with Gasteiger partial charge in [-0.05, 0) is 48.7 Å². The summed E-state index contributed by atoms with van der Waals surface area (Å²) in [4.78, 5) is 11.1. The second-order valence-corrected chi connectivity index (χ2v) is 8.28. The zero-order valence-electron chi connectivity index (χ0n) is 16.6. The molecule has 150 valence electrons. The average molecular weight is 429 g/mol. The minimum Gasteiger partial charge on any atom is -0.481 e. The summed E-state index contributed by atoms with van der Waals surface area (Å²) in [6.45, 7) is 2.01. The molecule has 4 aromatic rings. The number of rotatable bonds is 5. The summed E-state index contributed by atoms with van der Waals surface area (Å²) in [5.74, 6) is -0.805. The van der Waals surface area contributed by atoms with Crippen LogP contribution in [0.15, 0.2) is 36.4 Å². The lowest BCUT2D eigenvalue weighted by Gasteiger charge is -2.09. The monoisotopic (exact) mass is 428 g/mol. The summed E-state index contributed by atoms with van der Waals surface area (Å²) in [5.41, 5.74) is 6.31. The lowest BCUT2D eigenvalue weighted by Crippen LogP contribution is -2.00. The minimum absolute atomic E-state index is 0.0855. The number of aromatic nitrogens is 2. The molecular formula is C23H22Cl2N2O2. The molecule has 6 heteroatoms. The zero-order chi connectivity index (χ0) is 20.9. The Morgan fingerprint density at radius 1 is 1.07 bits per heavy atom. The molecule has 0 aliphatic rings. The van der Waals surface area contributed by atoms with Crippen molar-refractivity contribution in [2.45, 2.75) is 26.2 Å². The second-order valence-electron chi connectivity index (χ2n) is 7.49. The normalized spacial score (nSPS) is 11.6. The highest BCUT2D eigenvalue weighted by Crippen LogP contribution is 2.36. The molecule has 0 unspecified atom stereocenters. The molecule has 0 saturated carbocycles. The van der Waals surface area contributed by atoms with Gasteiger partial charge in [0.25, 0.3) is 0 Å². The predicted molar refractivity (Wildman–Crippen MR) is 119 cm³/mol. The number of fused-ring (bicyclic) bond motifs is 2. The molecule has 0 fully saturated rings. The number of nitrogens with zero attached hydrogens (tertiary/aromatic N) is 2. The maximum atomic E-state index is 11.1. The van der Waals surface area contributed by atoms with Gasteiger partial charge in [0.2, 0.25) is 0 Å². The number of hydrogen-bond donors (Lipinski definition) is 1. The van der Waals surface area contributed by atoms with Crippen molar-refractivity contribution < 1.29 is 9.90 Å². The molecule has 29 heavy (non-hydrogen) atoms. The fourth-order valence-corrected chi connectivity index (χ4v) is 4.72. The molecule has 1 N–H and O–H groups in total. The van der Waals surface area contributed by atoms with Crippen LogP contribution >= 0.6 is 23.2 Å². The van der Waals surface area contributed by atoms with Crippen LogP contribution in [0.2, 0.25) is 10.0 Å². The minimum atomic E-state index is -0.805. The van der Waals surface area contributed by atoms with E-state index in [1.54, 1.807) is 0 Å². The van der Waals surface area contributed by atoms with Gasteiger partial charge in [0.15, 0.2) is 0 Å². The Morgan fingerprint density at radius 2 is 1.83 bits per heavy atom. The molecule has 4 nitrogen and oxygen atoms in total. The standard InChI is InChI=1S/C23H22Cl2N2O2/c1-13-16(8-10-21(28)29)22-20(26(13)2)9-7-14(23(22)25)11-15-12-17-18(24)5-4-6-19(17)27(15)3/h4-7,9,12H,8,10-11H2,1-3H3,(H,28,29). The highest BCUT2D eigenvalue weighted by Gasteiger charge is 2.19. The van der Waals surface area contributed by atoms with Crippen molar-refractivity contribution in [1.29, 1.82) is 0 Å². The lowest BCUT2D eigenvalue weighted by molar-refractivity contribution is -0.136. The SMILES string of the molecule is Cc1c(CCC(=O)O)c2c(Cl)c(Cc3cc4c(Cl)cccc4n3C)ccc2n1C. The third-order valence-corrected chi connectivity index (χ3v) is 6.66. The molecule has 2 heterocycles. The van der Waals surface area contributed by atoms with Gasteiger partial charge in [-0.1, -0.05) is 35.3 Å². The average Bonchev–Trinajstić information content (AvgIpc) is 3.13. The van der Waals surface area contributed by atoms with Crippen molar-refractivity contribution in [3.8, 4) is 0 Å². The first-order chi connectivity index (χ1) is 13.8. The van der Waals surface area contributed by atoms with Gasteiger partial charge in [0.1, 0.15) is 0 Å². The molecule has 2 aromatic heterocycles. The van der Waals surface area contributed by atoms with Crippen LogP contribution in [0.3, 0.4) is 0 Å². The molecule has 0 aliphatic heterocycles. The smallest absolute Gasteiger partial charge is 0.303 e. The van der Waals surface area contributed by atoms with Gasteiger partial charge in [0.05, 0.1) is 5.02 Å². The zero-order valence-corrected chi connectivity index (χ0v) is 18.1. The summed E-state index contributed by atoms with van der Waals surface area (Å²) in [5, 5.41) is 12.6. The number of benzene rings is 2. The molecule has 0 bridgehead atoms. The molecule has 0 spiro atoms. The summed E-state index contributed by atoms with van der Waals surface area (Å²) < 4.78 is 4.22. The summed E-state index contributed by atoms with van der Waals surface area (Å²) in [7, 11) is 4.02.